The number of rotatable bonds is 1. The molecule has 0 aromatic heterocycles. The average molecular weight is 296 g/mol. The summed E-state index contributed by atoms with van der Waals surface area (Å²) in [5.74, 6) is 0. The second-order valence-corrected chi connectivity index (χ2v) is 4.11. The Bertz CT molecular complexity index is 407. The van der Waals surface area contributed by atoms with Gasteiger partial charge in [0.15, 0.2) is 0 Å². The normalized spacial score (nSPS) is 13.2. The van der Waals surface area contributed by atoms with Crippen LogP contribution in [0.3, 0.4) is 0 Å². The fourth-order valence-corrected chi connectivity index (χ4v) is 1.45. The smallest absolute Gasteiger partial charge is 0.166 e. The van der Waals surface area contributed by atoms with E-state index in [-0.39, 0.29) is 6.07 Å². The topological polar surface area (TPSA) is 0 Å². The molecule has 0 heterocycles. The predicted octanol–water partition coefficient (Wildman–Crippen LogP) is 5.00. The Kier molecular flexibility index (Phi) is 3.88. The second-order valence-electron chi connectivity index (χ2n) is 3.01. The van der Waals surface area contributed by atoms with Crippen LogP contribution in [0.25, 0.3) is 0 Å². The first-order chi connectivity index (χ1) is 7.53. The van der Waals surface area contributed by atoms with Crippen LogP contribution in [0.1, 0.15) is 21.5 Å². The minimum Gasteiger partial charge on any atom is -0.166 e. The predicted molar refractivity (Wildman–Crippen MR) is 49.7 cm³/mol. The van der Waals surface area contributed by atoms with Gasteiger partial charge in [0.1, 0.15) is 4.84 Å². The molecule has 0 fully saturated rings. The molecular weight excluding hydrogens is 293 g/mol. The van der Waals surface area contributed by atoms with Gasteiger partial charge in [0, 0.05) is 5.56 Å². The fourth-order valence-electron chi connectivity index (χ4n) is 1.09. The van der Waals surface area contributed by atoms with Gasteiger partial charge in [-0.3, -0.25) is 0 Å². The Labute approximate surface area is 102 Å². The number of hydrogen-bond donors (Lipinski definition) is 0. The molecule has 0 atom stereocenters. The minimum absolute atomic E-state index is 0.0381. The number of benzene rings is 1. The molecule has 1 rings (SSSR count). The van der Waals surface area contributed by atoms with Crippen LogP contribution >= 0.6 is 23.2 Å². The van der Waals surface area contributed by atoms with Crippen molar-refractivity contribution in [2.45, 2.75) is 17.2 Å². The van der Waals surface area contributed by atoms with Crippen LogP contribution in [0.15, 0.2) is 12.1 Å². The SMILES string of the molecule is FC(F)(F)c1c[c]c(C(Cl)Cl)c(C(F)(F)F)c1. The van der Waals surface area contributed by atoms with E-state index in [2.05, 4.69) is 0 Å². The highest BCUT2D eigenvalue weighted by Gasteiger charge is 2.39. The van der Waals surface area contributed by atoms with Crippen LogP contribution in [-0.2, 0) is 12.4 Å². The van der Waals surface area contributed by atoms with Gasteiger partial charge in [-0.1, -0.05) is 0 Å². The summed E-state index contributed by atoms with van der Waals surface area (Å²) in [5.41, 5.74) is -3.72. The molecule has 0 bridgehead atoms. The average Bonchev–Trinajstić information content (AvgIpc) is 2.14. The molecule has 0 saturated carbocycles. The fraction of sp³-hybridized carbons (Fsp3) is 0.333. The standard InChI is InChI=1S/C9H3Cl2F6/c10-7(11)5-2-1-4(8(12,13)14)3-6(5)9(15,16)17/h1,3,7H. The summed E-state index contributed by atoms with van der Waals surface area (Å²) in [6, 6.07) is 2.15. The van der Waals surface area contributed by atoms with Gasteiger partial charge in [-0.05, 0) is 18.2 Å². The van der Waals surface area contributed by atoms with E-state index in [1.54, 1.807) is 0 Å². The Morgan fingerprint density at radius 3 is 1.88 bits per heavy atom. The molecule has 0 unspecified atom stereocenters. The third-order valence-electron chi connectivity index (χ3n) is 1.82. The van der Waals surface area contributed by atoms with Crippen molar-refractivity contribution in [1.82, 2.24) is 0 Å². The molecule has 1 radical (unpaired) electrons. The molecule has 8 heteroatoms. The molecule has 0 nitrogen and oxygen atoms in total. The minimum atomic E-state index is -4.98. The number of halogens is 8. The summed E-state index contributed by atoms with van der Waals surface area (Å²) < 4.78 is 74.1. The van der Waals surface area contributed by atoms with Crippen molar-refractivity contribution in [2.75, 3.05) is 0 Å². The van der Waals surface area contributed by atoms with Gasteiger partial charge in [0.05, 0.1) is 11.1 Å². The molecule has 1 aromatic rings. The van der Waals surface area contributed by atoms with Gasteiger partial charge in [-0.15, -0.1) is 23.2 Å². The first-order valence-corrected chi connectivity index (χ1v) is 4.89. The number of hydrogen-bond acceptors (Lipinski definition) is 0. The first kappa shape index (κ1) is 14.4. The van der Waals surface area contributed by atoms with E-state index in [9.17, 15) is 26.3 Å². The highest BCUT2D eigenvalue weighted by molar-refractivity contribution is 6.44. The Morgan fingerprint density at radius 1 is 1.00 bits per heavy atom. The summed E-state index contributed by atoms with van der Waals surface area (Å²) in [5, 5.41) is 0. The lowest BCUT2D eigenvalue weighted by molar-refractivity contribution is -0.143. The van der Waals surface area contributed by atoms with Crippen LogP contribution in [0.2, 0.25) is 0 Å². The summed E-state index contributed by atoms with van der Waals surface area (Å²) in [4.78, 5) is -1.60. The van der Waals surface area contributed by atoms with Gasteiger partial charge in [0.2, 0.25) is 0 Å². The Balaban J connectivity index is 3.41. The first-order valence-electron chi connectivity index (χ1n) is 4.01. The lowest BCUT2D eigenvalue weighted by atomic mass is 10.0. The van der Waals surface area contributed by atoms with Crippen molar-refractivity contribution < 1.29 is 26.3 Å². The van der Waals surface area contributed by atoms with Crippen molar-refractivity contribution in [3.8, 4) is 0 Å². The molecule has 0 N–H and O–H groups in total. The third-order valence-corrected chi connectivity index (χ3v) is 2.26. The molecule has 17 heavy (non-hydrogen) atoms. The molecule has 1 aromatic carbocycles. The lowest BCUT2D eigenvalue weighted by Crippen LogP contribution is -2.13. The van der Waals surface area contributed by atoms with Crippen LogP contribution in [0, 0.1) is 6.07 Å². The van der Waals surface area contributed by atoms with E-state index >= 15 is 0 Å². The maximum absolute atomic E-state index is 12.5. The van der Waals surface area contributed by atoms with Crippen molar-refractivity contribution in [3.63, 3.8) is 0 Å². The molecule has 95 valence electrons. The highest BCUT2D eigenvalue weighted by atomic mass is 35.5. The zero-order chi connectivity index (χ0) is 13.4. The highest BCUT2D eigenvalue weighted by Crippen LogP contribution is 2.41. The Hall–Kier alpha value is -0.620. The lowest BCUT2D eigenvalue weighted by Gasteiger charge is -2.15. The molecule has 0 aliphatic heterocycles. The number of alkyl halides is 8. The van der Waals surface area contributed by atoms with E-state index in [1.165, 1.54) is 0 Å². The zero-order valence-corrected chi connectivity index (χ0v) is 9.27. The van der Waals surface area contributed by atoms with Gasteiger partial charge in [0.25, 0.3) is 0 Å². The van der Waals surface area contributed by atoms with Crippen molar-refractivity contribution in [3.05, 3.63) is 34.9 Å². The largest absolute Gasteiger partial charge is 0.416 e. The molecule has 0 saturated heterocycles. The van der Waals surface area contributed by atoms with Gasteiger partial charge in [-0.25, -0.2) is 0 Å². The van der Waals surface area contributed by atoms with E-state index in [0.717, 1.165) is 0 Å². The molecule has 0 spiro atoms. The molecule has 0 aliphatic carbocycles. The maximum atomic E-state index is 12.5. The third kappa shape index (κ3) is 3.42. The van der Waals surface area contributed by atoms with E-state index in [1.807, 2.05) is 6.07 Å². The van der Waals surface area contributed by atoms with Crippen molar-refractivity contribution >= 4 is 23.2 Å². The van der Waals surface area contributed by atoms with E-state index < -0.39 is 33.9 Å². The molecular formula is C9H3Cl2F6. The van der Waals surface area contributed by atoms with E-state index in [4.69, 9.17) is 23.2 Å². The van der Waals surface area contributed by atoms with Crippen molar-refractivity contribution in [1.29, 1.82) is 0 Å². The summed E-state index contributed by atoms with van der Waals surface area (Å²) in [6.07, 6.45) is -9.86. The van der Waals surface area contributed by atoms with E-state index in [0.29, 0.717) is 6.07 Å². The second kappa shape index (κ2) is 4.57. The summed E-state index contributed by atoms with van der Waals surface area (Å²) in [6.45, 7) is 0. The maximum Gasteiger partial charge on any atom is 0.416 e. The zero-order valence-electron chi connectivity index (χ0n) is 7.76. The summed E-state index contributed by atoms with van der Waals surface area (Å²) >= 11 is 10.5. The van der Waals surface area contributed by atoms with Gasteiger partial charge >= 0.3 is 12.4 Å². The Morgan fingerprint density at radius 2 is 1.53 bits per heavy atom. The van der Waals surface area contributed by atoms with Crippen molar-refractivity contribution in [2.24, 2.45) is 0 Å². The van der Waals surface area contributed by atoms with Crippen LogP contribution in [-0.4, -0.2) is 0 Å². The van der Waals surface area contributed by atoms with Crippen LogP contribution in [0.5, 0.6) is 0 Å². The molecule has 0 aliphatic rings. The summed E-state index contributed by atoms with van der Waals surface area (Å²) in [7, 11) is 0. The van der Waals surface area contributed by atoms with Crippen LogP contribution < -0.4 is 0 Å². The monoisotopic (exact) mass is 295 g/mol. The van der Waals surface area contributed by atoms with Gasteiger partial charge < -0.3 is 0 Å². The van der Waals surface area contributed by atoms with Gasteiger partial charge in [-0.2, -0.15) is 26.3 Å². The molecule has 0 amide bonds. The quantitative estimate of drug-likeness (QED) is 0.505. The van der Waals surface area contributed by atoms with Crippen LogP contribution in [0.4, 0.5) is 26.3 Å².